The fourth-order valence-electron chi connectivity index (χ4n) is 3.17. The first-order valence-corrected chi connectivity index (χ1v) is 9.24. The predicted octanol–water partition coefficient (Wildman–Crippen LogP) is 3.18. The molecule has 28 heavy (non-hydrogen) atoms. The lowest BCUT2D eigenvalue weighted by Gasteiger charge is -2.30. The summed E-state index contributed by atoms with van der Waals surface area (Å²) in [5, 5.41) is 16.0. The Hall–Kier alpha value is -3.29. The zero-order chi connectivity index (χ0) is 19.6. The first-order chi connectivity index (χ1) is 13.6. The van der Waals surface area contributed by atoms with Crippen LogP contribution >= 0.6 is 0 Å². The maximum Gasteiger partial charge on any atom is 0.181 e. The summed E-state index contributed by atoms with van der Waals surface area (Å²) in [6.45, 7) is 5.30. The molecule has 1 unspecified atom stereocenters. The number of fused-ring (bicyclic) bond motifs is 1. The minimum Gasteiger partial charge on any atom is -0.497 e. The van der Waals surface area contributed by atoms with Crippen molar-refractivity contribution in [3.05, 3.63) is 48.3 Å². The molecule has 2 heterocycles. The van der Waals surface area contributed by atoms with E-state index in [1.165, 1.54) is 0 Å². The molecule has 3 aromatic rings. The summed E-state index contributed by atoms with van der Waals surface area (Å²) < 4.78 is 18.3. The van der Waals surface area contributed by atoms with E-state index in [0.717, 1.165) is 40.9 Å². The van der Waals surface area contributed by atoms with Gasteiger partial charge in [-0.05, 0) is 60.2 Å². The maximum atomic E-state index is 5.70. The van der Waals surface area contributed by atoms with Crippen LogP contribution in [0, 0.1) is 0 Å². The molecule has 8 nitrogen and oxygen atoms in total. The number of tetrazole rings is 1. The lowest BCUT2D eigenvalue weighted by Crippen LogP contribution is -2.34. The third-order valence-corrected chi connectivity index (χ3v) is 4.95. The molecule has 2 aromatic carbocycles. The highest BCUT2D eigenvalue weighted by Crippen LogP contribution is 2.36. The van der Waals surface area contributed by atoms with Gasteiger partial charge >= 0.3 is 0 Å². The van der Waals surface area contributed by atoms with Crippen LogP contribution in [-0.2, 0) is 5.54 Å². The highest BCUT2D eigenvalue weighted by atomic mass is 16.6. The van der Waals surface area contributed by atoms with Crippen molar-refractivity contribution in [1.29, 1.82) is 0 Å². The van der Waals surface area contributed by atoms with Crippen molar-refractivity contribution in [2.45, 2.75) is 25.8 Å². The van der Waals surface area contributed by atoms with Gasteiger partial charge in [0.1, 0.15) is 19.0 Å². The standard InChI is InChI=1S/C20H23N5O3/c1-4-20(2,21-14-5-10-17-18(13-14)28-12-11-27-17)19-22-23-24-25(19)15-6-8-16(26-3)9-7-15/h5-10,13,21H,4,11-12H2,1-3H3. The minimum atomic E-state index is -0.493. The lowest BCUT2D eigenvalue weighted by atomic mass is 9.97. The van der Waals surface area contributed by atoms with E-state index in [9.17, 15) is 0 Å². The van der Waals surface area contributed by atoms with Crippen LogP contribution in [0.15, 0.2) is 42.5 Å². The van der Waals surface area contributed by atoms with Crippen molar-refractivity contribution in [1.82, 2.24) is 20.2 Å². The molecule has 0 bridgehead atoms. The molecule has 0 aliphatic carbocycles. The van der Waals surface area contributed by atoms with Crippen molar-refractivity contribution in [2.75, 3.05) is 25.6 Å². The van der Waals surface area contributed by atoms with Crippen LogP contribution in [0.25, 0.3) is 5.69 Å². The Morgan fingerprint density at radius 2 is 1.86 bits per heavy atom. The monoisotopic (exact) mass is 381 g/mol. The molecule has 1 N–H and O–H groups in total. The van der Waals surface area contributed by atoms with Gasteiger partial charge in [0.25, 0.3) is 0 Å². The Balaban J connectivity index is 1.65. The van der Waals surface area contributed by atoms with Gasteiger partial charge in [-0.2, -0.15) is 4.68 Å². The number of benzene rings is 2. The Morgan fingerprint density at radius 1 is 1.11 bits per heavy atom. The van der Waals surface area contributed by atoms with Crippen molar-refractivity contribution in [2.24, 2.45) is 0 Å². The molecule has 0 saturated heterocycles. The van der Waals surface area contributed by atoms with Gasteiger partial charge in [-0.15, -0.1) is 5.10 Å². The highest BCUT2D eigenvalue weighted by molar-refractivity contribution is 5.56. The van der Waals surface area contributed by atoms with Gasteiger partial charge in [-0.25, -0.2) is 0 Å². The van der Waals surface area contributed by atoms with Gasteiger partial charge in [0.15, 0.2) is 17.3 Å². The summed E-state index contributed by atoms with van der Waals surface area (Å²) in [4.78, 5) is 0. The maximum absolute atomic E-state index is 5.70. The average molecular weight is 381 g/mol. The van der Waals surface area contributed by atoms with E-state index < -0.39 is 5.54 Å². The van der Waals surface area contributed by atoms with Crippen molar-refractivity contribution < 1.29 is 14.2 Å². The van der Waals surface area contributed by atoms with E-state index >= 15 is 0 Å². The van der Waals surface area contributed by atoms with Gasteiger partial charge < -0.3 is 19.5 Å². The zero-order valence-corrected chi connectivity index (χ0v) is 16.2. The Labute approximate surface area is 163 Å². The first-order valence-electron chi connectivity index (χ1n) is 9.24. The largest absolute Gasteiger partial charge is 0.497 e. The van der Waals surface area contributed by atoms with Gasteiger partial charge in [-0.1, -0.05) is 6.92 Å². The number of nitrogens with zero attached hydrogens (tertiary/aromatic N) is 4. The fourth-order valence-corrected chi connectivity index (χ4v) is 3.17. The molecule has 8 heteroatoms. The van der Waals surface area contributed by atoms with Crippen LogP contribution in [0.4, 0.5) is 5.69 Å². The number of hydrogen-bond acceptors (Lipinski definition) is 7. The summed E-state index contributed by atoms with van der Waals surface area (Å²) >= 11 is 0. The number of anilines is 1. The Kier molecular flexibility index (Phi) is 4.77. The van der Waals surface area contributed by atoms with E-state index in [1.54, 1.807) is 11.8 Å². The van der Waals surface area contributed by atoms with E-state index in [1.807, 2.05) is 42.5 Å². The highest BCUT2D eigenvalue weighted by Gasteiger charge is 2.32. The summed E-state index contributed by atoms with van der Waals surface area (Å²) in [5.74, 6) is 3.00. The smallest absolute Gasteiger partial charge is 0.181 e. The second-order valence-electron chi connectivity index (χ2n) is 6.78. The third kappa shape index (κ3) is 3.33. The molecule has 4 rings (SSSR count). The number of hydrogen-bond donors (Lipinski definition) is 1. The van der Waals surface area contributed by atoms with Crippen molar-refractivity contribution in [3.8, 4) is 22.9 Å². The summed E-state index contributed by atoms with van der Waals surface area (Å²) in [7, 11) is 1.64. The minimum absolute atomic E-state index is 0.493. The topological polar surface area (TPSA) is 83.3 Å². The number of nitrogens with one attached hydrogen (secondary N) is 1. The number of methoxy groups -OCH3 is 1. The average Bonchev–Trinajstić information content (AvgIpc) is 3.24. The van der Waals surface area contributed by atoms with Crippen LogP contribution in [0.1, 0.15) is 26.1 Å². The molecule has 0 radical (unpaired) electrons. The number of ether oxygens (including phenoxy) is 3. The summed E-state index contributed by atoms with van der Waals surface area (Å²) in [6.07, 6.45) is 0.776. The second kappa shape index (κ2) is 7.38. The number of aromatic nitrogens is 4. The summed E-state index contributed by atoms with van der Waals surface area (Å²) in [6, 6.07) is 13.5. The van der Waals surface area contributed by atoms with Crippen LogP contribution < -0.4 is 19.5 Å². The molecule has 146 valence electrons. The predicted molar refractivity (Wildman–Crippen MR) is 104 cm³/mol. The van der Waals surface area contributed by atoms with Crippen LogP contribution in [0.2, 0.25) is 0 Å². The second-order valence-corrected chi connectivity index (χ2v) is 6.78. The Morgan fingerprint density at radius 3 is 2.57 bits per heavy atom. The molecule has 0 fully saturated rings. The van der Waals surface area contributed by atoms with E-state index in [4.69, 9.17) is 14.2 Å². The number of rotatable bonds is 6. The molecule has 1 aromatic heterocycles. The zero-order valence-electron chi connectivity index (χ0n) is 16.2. The first kappa shape index (κ1) is 18.1. The fraction of sp³-hybridized carbons (Fsp3) is 0.350. The summed E-state index contributed by atoms with van der Waals surface area (Å²) in [5.41, 5.74) is 1.29. The molecule has 1 aliphatic heterocycles. The van der Waals surface area contributed by atoms with Gasteiger partial charge in [0, 0.05) is 11.8 Å². The normalized spacial score (nSPS) is 15.0. The van der Waals surface area contributed by atoms with Gasteiger partial charge in [0.05, 0.1) is 18.3 Å². The third-order valence-electron chi connectivity index (χ3n) is 4.95. The molecular formula is C20H23N5O3. The molecule has 1 aliphatic rings. The van der Waals surface area contributed by atoms with Crippen LogP contribution in [0.5, 0.6) is 17.2 Å². The van der Waals surface area contributed by atoms with Gasteiger partial charge in [-0.3, -0.25) is 0 Å². The Bertz CT molecular complexity index is 957. The van der Waals surface area contributed by atoms with Crippen molar-refractivity contribution in [3.63, 3.8) is 0 Å². The molecule has 0 amide bonds. The molecule has 0 saturated carbocycles. The van der Waals surface area contributed by atoms with Crippen LogP contribution in [-0.4, -0.2) is 40.5 Å². The van der Waals surface area contributed by atoms with Gasteiger partial charge in [0.2, 0.25) is 0 Å². The SMILES string of the molecule is CCC(C)(Nc1ccc2c(c1)OCCO2)c1nnnn1-c1ccc(OC)cc1. The molecule has 1 atom stereocenters. The molecule has 0 spiro atoms. The van der Waals surface area contributed by atoms with E-state index in [2.05, 4.69) is 34.7 Å². The van der Waals surface area contributed by atoms with E-state index in [0.29, 0.717) is 13.2 Å². The van der Waals surface area contributed by atoms with Crippen LogP contribution in [0.3, 0.4) is 0 Å². The quantitative estimate of drug-likeness (QED) is 0.702. The lowest BCUT2D eigenvalue weighted by molar-refractivity contribution is 0.171. The molecular weight excluding hydrogens is 358 g/mol. The van der Waals surface area contributed by atoms with Crippen molar-refractivity contribution >= 4 is 5.69 Å². The van der Waals surface area contributed by atoms with E-state index in [-0.39, 0.29) is 0 Å².